The summed E-state index contributed by atoms with van der Waals surface area (Å²) in [7, 11) is 0. The molecule has 3 rings (SSSR count). The van der Waals surface area contributed by atoms with Gasteiger partial charge in [-0.2, -0.15) is 4.39 Å². The second kappa shape index (κ2) is 12.1. The second-order valence-electron chi connectivity index (χ2n) is 8.15. The van der Waals surface area contributed by atoms with Crippen LogP contribution in [0.25, 0.3) is 16.7 Å². The largest absolute Gasteiger partial charge is 0.486 e. The molecule has 0 N–H and O–H groups in total. The smallest absolute Gasteiger partial charge is 0.196 e. The summed E-state index contributed by atoms with van der Waals surface area (Å²) in [4.78, 5) is 0. The molecule has 4 heteroatoms. The van der Waals surface area contributed by atoms with Gasteiger partial charge in [0.2, 0.25) is 0 Å². The van der Waals surface area contributed by atoms with Gasteiger partial charge < -0.3 is 4.74 Å². The van der Waals surface area contributed by atoms with E-state index >= 15 is 0 Å². The Hall–Kier alpha value is -3.53. The van der Waals surface area contributed by atoms with Crippen LogP contribution in [0.5, 0.6) is 0 Å². The lowest BCUT2D eigenvalue weighted by Crippen LogP contribution is -2.03. The van der Waals surface area contributed by atoms with Crippen molar-refractivity contribution in [1.82, 2.24) is 0 Å². The van der Waals surface area contributed by atoms with E-state index in [2.05, 4.69) is 25.8 Å². The standard InChI is InChI=1S/C30H29F3O/c1-4-7-29(34-18-5-2)30(33)28(32)19-22-10-12-23(13-11-22)25-16-17-26(27(31)20-25)24-14-8-21(6-3)9-15-24/h4-7,10-14,16-17,20-21H,1-3,8-9,15,18-19H2/b29-7+,30-28-. The van der Waals surface area contributed by atoms with Gasteiger partial charge in [0.15, 0.2) is 11.6 Å². The van der Waals surface area contributed by atoms with E-state index in [1.807, 2.05) is 18.2 Å². The van der Waals surface area contributed by atoms with Crippen molar-refractivity contribution in [3.8, 4) is 11.1 Å². The summed E-state index contributed by atoms with van der Waals surface area (Å²) in [5, 5.41) is 0. The molecule has 0 fully saturated rings. The van der Waals surface area contributed by atoms with E-state index in [0.29, 0.717) is 17.0 Å². The molecule has 0 bridgehead atoms. The summed E-state index contributed by atoms with van der Waals surface area (Å²) >= 11 is 0. The van der Waals surface area contributed by atoms with E-state index in [-0.39, 0.29) is 24.6 Å². The van der Waals surface area contributed by atoms with Gasteiger partial charge >= 0.3 is 0 Å². The van der Waals surface area contributed by atoms with E-state index in [1.165, 1.54) is 24.3 Å². The van der Waals surface area contributed by atoms with E-state index in [0.717, 1.165) is 36.0 Å². The average molecular weight is 463 g/mol. The highest BCUT2D eigenvalue weighted by Gasteiger charge is 2.16. The van der Waals surface area contributed by atoms with E-state index in [1.54, 1.807) is 24.3 Å². The topological polar surface area (TPSA) is 9.23 Å². The van der Waals surface area contributed by atoms with Crippen LogP contribution < -0.4 is 0 Å². The number of halogens is 3. The zero-order valence-electron chi connectivity index (χ0n) is 19.2. The van der Waals surface area contributed by atoms with Crippen molar-refractivity contribution in [3.63, 3.8) is 0 Å². The second-order valence-corrected chi connectivity index (χ2v) is 8.15. The van der Waals surface area contributed by atoms with Crippen LogP contribution in [0.3, 0.4) is 0 Å². The maximum Gasteiger partial charge on any atom is 0.196 e. The molecule has 0 radical (unpaired) electrons. The number of ether oxygens (including phenoxy) is 1. The van der Waals surface area contributed by atoms with Crippen LogP contribution in [0.15, 0.2) is 110 Å². The van der Waals surface area contributed by atoms with Crippen molar-refractivity contribution < 1.29 is 17.9 Å². The first-order valence-electron chi connectivity index (χ1n) is 11.3. The van der Waals surface area contributed by atoms with Crippen molar-refractivity contribution >= 4 is 5.57 Å². The van der Waals surface area contributed by atoms with Crippen molar-refractivity contribution in [2.45, 2.75) is 25.7 Å². The molecule has 0 heterocycles. The van der Waals surface area contributed by atoms with Crippen LogP contribution in [0.2, 0.25) is 0 Å². The molecule has 176 valence electrons. The first kappa shape index (κ1) is 25.1. The molecule has 0 aromatic heterocycles. The van der Waals surface area contributed by atoms with Crippen LogP contribution in [-0.2, 0) is 11.2 Å². The minimum atomic E-state index is -1.07. The van der Waals surface area contributed by atoms with E-state index in [9.17, 15) is 13.2 Å². The van der Waals surface area contributed by atoms with Gasteiger partial charge in [-0.05, 0) is 59.6 Å². The van der Waals surface area contributed by atoms with Crippen molar-refractivity contribution in [1.29, 1.82) is 0 Å². The summed E-state index contributed by atoms with van der Waals surface area (Å²) in [6.07, 6.45) is 10.6. The lowest BCUT2D eigenvalue weighted by atomic mass is 9.86. The fourth-order valence-electron chi connectivity index (χ4n) is 3.91. The molecule has 0 saturated carbocycles. The molecular weight excluding hydrogens is 433 g/mol. The normalized spacial score (nSPS) is 16.9. The van der Waals surface area contributed by atoms with Crippen molar-refractivity contribution in [3.05, 3.63) is 127 Å². The van der Waals surface area contributed by atoms with Gasteiger partial charge in [0, 0.05) is 12.0 Å². The average Bonchev–Trinajstić information content (AvgIpc) is 2.86. The fourth-order valence-corrected chi connectivity index (χ4v) is 3.91. The Bertz CT molecular complexity index is 1140. The third kappa shape index (κ3) is 6.28. The molecule has 1 aliphatic carbocycles. The van der Waals surface area contributed by atoms with Gasteiger partial charge in [0.05, 0.1) is 0 Å². The summed E-state index contributed by atoms with van der Waals surface area (Å²) in [5.74, 6) is -2.05. The van der Waals surface area contributed by atoms with Crippen LogP contribution in [-0.4, -0.2) is 6.61 Å². The number of hydrogen-bond donors (Lipinski definition) is 0. The first-order chi connectivity index (χ1) is 16.5. The van der Waals surface area contributed by atoms with Gasteiger partial charge in [-0.15, -0.1) is 6.58 Å². The van der Waals surface area contributed by atoms with Gasteiger partial charge in [0.25, 0.3) is 0 Å². The number of allylic oxidation sites excluding steroid dienone is 7. The lowest BCUT2D eigenvalue weighted by molar-refractivity contribution is 0.238. The Morgan fingerprint density at radius 2 is 1.76 bits per heavy atom. The molecule has 1 atom stereocenters. The molecule has 0 saturated heterocycles. The Balaban J connectivity index is 1.74. The summed E-state index contributed by atoms with van der Waals surface area (Å²) in [6.45, 7) is 10.9. The molecule has 1 aliphatic rings. The molecule has 2 aromatic rings. The maximum absolute atomic E-state index is 14.9. The van der Waals surface area contributed by atoms with Crippen LogP contribution in [0.4, 0.5) is 13.2 Å². The third-order valence-electron chi connectivity index (χ3n) is 5.83. The molecule has 34 heavy (non-hydrogen) atoms. The highest BCUT2D eigenvalue weighted by molar-refractivity contribution is 5.71. The Labute approximate surface area is 200 Å². The molecule has 1 nitrogen and oxygen atoms in total. The van der Waals surface area contributed by atoms with E-state index < -0.39 is 11.7 Å². The molecule has 0 aliphatic heterocycles. The van der Waals surface area contributed by atoms with Crippen molar-refractivity contribution in [2.24, 2.45) is 5.92 Å². The summed E-state index contributed by atoms with van der Waals surface area (Å²) < 4.78 is 49.0. The Kier molecular flexibility index (Phi) is 8.92. The Morgan fingerprint density at radius 1 is 1.03 bits per heavy atom. The number of hydrogen-bond acceptors (Lipinski definition) is 1. The van der Waals surface area contributed by atoms with Gasteiger partial charge in [-0.1, -0.05) is 73.9 Å². The van der Waals surface area contributed by atoms with Gasteiger partial charge in [-0.3, -0.25) is 0 Å². The maximum atomic E-state index is 14.9. The molecule has 2 aromatic carbocycles. The van der Waals surface area contributed by atoms with Crippen LogP contribution >= 0.6 is 0 Å². The quantitative estimate of drug-likeness (QED) is 0.195. The molecular formula is C30H29F3O. The van der Waals surface area contributed by atoms with Crippen LogP contribution in [0.1, 0.15) is 30.4 Å². The highest BCUT2D eigenvalue weighted by Crippen LogP contribution is 2.33. The lowest BCUT2D eigenvalue weighted by Gasteiger charge is -2.19. The zero-order valence-corrected chi connectivity index (χ0v) is 19.2. The molecule has 1 unspecified atom stereocenters. The van der Waals surface area contributed by atoms with Gasteiger partial charge in [0.1, 0.15) is 18.3 Å². The van der Waals surface area contributed by atoms with E-state index in [4.69, 9.17) is 4.74 Å². The monoisotopic (exact) mass is 462 g/mol. The third-order valence-corrected chi connectivity index (χ3v) is 5.83. The zero-order chi connectivity index (χ0) is 24.5. The summed E-state index contributed by atoms with van der Waals surface area (Å²) in [5.41, 5.74) is 3.77. The highest BCUT2D eigenvalue weighted by atomic mass is 19.2. The minimum Gasteiger partial charge on any atom is -0.486 e. The number of rotatable bonds is 10. The SMILES string of the molecule is C=C/C=C(OCC=C)\C(F)=C(\F)Cc1ccc(-c2ccc(C3=CCC(C=C)CC3)c(F)c2)cc1. The van der Waals surface area contributed by atoms with Crippen molar-refractivity contribution in [2.75, 3.05) is 6.61 Å². The fraction of sp³-hybridized carbons (Fsp3) is 0.200. The minimum absolute atomic E-state index is 0.0526. The predicted molar refractivity (Wildman–Crippen MR) is 135 cm³/mol. The molecule has 0 spiro atoms. The summed E-state index contributed by atoms with van der Waals surface area (Å²) in [6, 6.07) is 12.2. The number of benzene rings is 2. The van der Waals surface area contributed by atoms with Crippen LogP contribution in [0, 0.1) is 11.7 Å². The Morgan fingerprint density at radius 3 is 2.35 bits per heavy atom. The van der Waals surface area contributed by atoms with Gasteiger partial charge in [-0.25, -0.2) is 8.78 Å². The predicted octanol–water partition coefficient (Wildman–Crippen LogP) is 8.83. The first-order valence-corrected chi connectivity index (χ1v) is 11.3. The molecule has 0 amide bonds.